The second kappa shape index (κ2) is 7.17. The summed E-state index contributed by atoms with van der Waals surface area (Å²) in [6.07, 6.45) is 4.42. The number of hydrogen-bond acceptors (Lipinski definition) is 3. The van der Waals surface area contributed by atoms with Gasteiger partial charge in [-0.1, -0.05) is 24.3 Å². The summed E-state index contributed by atoms with van der Waals surface area (Å²) in [5, 5.41) is 4.17. The Labute approximate surface area is 141 Å². The van der Waals surface area contributed by atoms with Crippen molar-refractivity contribution < 1.29 is 9.53 Å². The molecule has 0 bridgehead atoms. The fraction of sp³-hybridized carbons (Fsp3) is 0.263. The number of fused-ring (bicyclic) bond motifs is 1. The largest absolute Gasteiger partial charge is 0.468 e. The van der Waals surface area contributed by atoms with Crippen LogP contribution in [-0.4, -0.2) is 28.5 Å². The molecule has 0 saturated heterocycles. The van der Waals surface area contributed by atoms with Crippen molar-refractivity contribution in [1.82, 2.24) is 15.3 Å². The first-order valence-electron chi connectivity index (χ1n) is 8.02. The lowest BCUT2D eigenvalue weighted by Crippen LogP contribution is -2.37. The van der Waals surface area contributed by atoms with Crippen LogP contribution in [0.5, 0.6) is 5.88 Å². The molecule has 0 fully saturated rings. The van der Waals surface area contributed by atoms with Gasteiger partial charge in [-0.25, -0.2) is 4.98 Å². The highest BCUT2D eigenvalue weighted by atomic mass is 16.5. The Morgan fingerprint density at radius 1 is 1.29 bits per heavy atom. The van der Waals surface area contributed by atoms with Crippen LogP contribution in [0.25, 0.3) is 10.9 Å². The van der Waals surface area contributed by atoms with Crippen molar-refractivity contribution >= 4 is 16.8 Å². The molecule has 5 heteroatoms. The van der Waals surface area contributed by atoms with Crippen molar-refractivity contribution in [3.63, 3.8) is 0 Å². The molecular weight excluding hydrogens is 302 g/mol. The number of carbonyl (C=O) groups excluding carboxylic acids is 1. The van der Waals surface area contributed by atoms with E-state index in [1.807, 2.05) is 19.2 Å². The quantitative estimate of drug-likeness (QED) is 0.733. The van der Waals surface area contributed by atoms with Crippen molar-refractivity contribution in [3.8, 4) is 5.88 Å². The number of amides is 1. The van der Waals surface area contributed by atoms with Crippen LogP contribution in [0.4, 0.5) is 0 Å². The number of pyridine rings is 1. The van der Waals surface area contributed by atoms with Crippen LogP contribution in [0.1, 0.15) is 18.1 Å². The number of aromatic amines is 1. The van der Waals surface area contributed by atoms with Gasteiger partial charge in [-0.05, 0) is 37.5 Å². The van der Waals surface area contributed by atoms with E-state index in [0.717, 1.165) is 11.9 Å². The Balaban J connectivity index is 1.55. The number of ether oxygens (including phenoxy) is 1. The highest BCUT2D eigenvalue weighted by Gasteiger charge is 2.12. The number of nitrogens with one attached hydrogen (secondary N) is 2. The second-order valence-corrected chi connectivity index (χ2v) is 5.94. The topological polar surface area (TPSA) is 67.0 Å². The van der Waals surface area contributed by atoms with Crippen LogP contribution in [0.3, 0.4) is 0 Å². The number of aryl methyl sites for hydroxylation is 1. The van der Waals surface area contributed by atoms with Gasteiger partial charge < -0.3 is 15.0 Å². The fourth-order valence-electron chi connectivity index (χ4n) is 2.80. The van der Waals surface area contributed by atoms with E-state index in [0.29, 0.717) is 5.88 Å². The molecule has 0 radical (unpaired) electrons. The summed E-state index contributed by atoms with van der Waals surface area (Å²) >= 11 is 0. The average Bonchev–Trinajstić information content (AvgIpc) is 2.98. The molecule has 1 amide bonds. The van der Waals surface area contributed by atoms with Gasteiger partial charge in [0.15, 0.2) is 6.61 Å². The van der Waals surface area contributed by atoms with Crippen molar-refractivity contribution in [2.24, 2.45) is 0 Å². The first-order chi connectivity index (χ1) is 11.6. The normalized spacial score (nSPS) is 12.1. The highest BCUT2D eigenvalue weighted by Crippen LogP contribution is 2.22. The van der Waals surface area contributed by atoms with Gasteiger partial charge >= 0.3 is 0 Å². The Morgan fingerprint density at radius 2 is 2.17 bits per heavy atom. The first-order valence-corrected chi connectivity index (χ1v) is 8.02. The molecule has 2 N–H and O–H groups in total. The lowest BCUT2D eigenvalue weighted by atomic mass is 10.0. The van der Waals surface area contributed by atoms with E-state index < -0.39 is 0 Å². The summed E-state index contributed by atoms with van der Waals surface area (Å²) in [6, 6.07) is 11.6. The summed E-state index contributed by atoms with van der Waals surface area (Å²) in [5.74, 6) is 0.302. The molecule has 1 atom stereocenters. The maximum Gasteiger partial charge on any atom is 0.258 e. The second-order valence-electron chi connectivity index (χ2n) is 5.94. The third-order valence-electron chi connectivity index (χ3n) is 3.93. The minimum absolute atomic E-state index is 0.0179. The number of carbonyl (C=O) groups is 1. The standard InChI is InChI=1S/C19H21N3O2/c1-13-6-5-7-16-15(11-21-19(13)16)10-14(2)22-17(23)12-24-18-8-3-4-9-20-18/h3-9,11,14,21H,10,12H2,1-2H3,(H,22,23)/t14-/m0/s1. The lowest BCUT2D eigenvalue weighted by molar-refractivity contribution is -0.123. The smallest absolute Gasteiger partial charge is 0.258 e. The molecule has 0 saturated carbocycles. The predicted molar refractivity (Wildman–Crippen MR) is 94.1 cm³/mol. The molecule has 5 nitrogen and oxygen atoms in total. The fourth-order valence-corrected chi connectivity index (χ4v) is 2.80. The van der Waals surface area contributed by atoms with Crippen molar-refractivity contribution in [2.45, 2.75) is 26.3 Å². The average molecular weight is 323 g/mol. The van der Waals surface area contributed by atoms with Crippen LogP contribution < -0.4 is 10.1 Å². The number of para-hydroxylation sites is 1. The van der Waals surface area contributed by atoms with Crippen LogP contribution in [-0.2, 0) is 11.2 Å². The van der Waals surface area contributed by atoms with E-state index >= 15 is 0 Å². The Kier molecular flexibility index (Phi) is 4.79. The molecule has 0 aliphatic carbocycles. The first kappa shape index (κ1) is 16.1. The van der Waals surface area contributed by atoms with E-state index in [1.165, 1.54) is 16.5 Å². The third kappa shape index (κ3) is 3.74. The number of H-pyrrole nitrogens is 1. The summed E-state index contributed by atoms with van der Waals surface area (Å²) < 4.78 is 5.36. The molecule has 3 aromatic rings. The van der Waals surface area contributed by atoms with Gasteiger partial charge in [-0.2, -0.15) is 0 Å². The van der Waals surface area contributed by atoms with E-state index in [4.69, 9.17) is 4.74 Å². The molecule has 0 aliphatic rings. The lowest BCUT2D eigenvalue weighted by Gasteiger charge is -2.14. The van der Waals surface area contributed by atoms with Gasteiger partial charge in [0.25, 0.3) is 5.91 Å². The zero-order valence-electron chi connectivity index (χ0n) is 13.9. The van der Waals surface area contributed by atoms with E-state index in [1.54, 1.807) is 18.3 Å². The monoisotopic (exact) mass is 323 g/mol. The van der Waals surface area contributed by atoms with Gasteiger partial charge in [0, 0.05) is 35.4 Å². The number of benzene rings is 1. The minimum atomic E-state index is -0.149. The van der Waals surface area contributed by atoms with Crippen LogP contribution in [0.2, 0.25) is 0 Å². The SMILES string of the molecule is Cc1cccc2c(C[C@H](C)NC(=O)COc3ccccn3)c[nH]c12. The van der Waals surface area contributed by atoms with Gasteiger partial charge in [-0.15, -0.1) is 0 Å². The van der Waals surface area contributed by atoms with E-state index in [2.05, 4.69) is 40.4 Å². The summed E-state index contributed by atoms with van der Waals surface area (Å²) in [7, 11) is 0. The highest BCUT2D eigenvalue weighted by molar-refractivity contribution is 5.86. The molecule has 1 aromatic carbocycles. The number of rotatable bonds is 6. The summed E-state index contributed by atoms with van der Waals surface area (Å²) in [4.78, 5) is 19.3. The number of hydrogen-bond donors (Lipinski definition) is 2. The van der Waals surface area contributed by atoms with Crippen molar-refractivity contribution in [1.29, 1.82) is 0 Å². The predicted octanol–water partition coefficient (Wildman–Crippen LogP) is 3.00. The number of aromatic nitrogens is 2. The minimum Gasteiger partial charge on any atom is -0.468 e. The molecule has 124 valence electrons. The zero-order valence-corrected chi connectivity index (χ0v) is 13.9. The van der Waals surface area contributed by atoms with Crippen molar-refractivity contribution in [3.05, 3.63) is 59.9 Å². The van der Waals surface area contributed by atoms with E-state index in [9.17, 15) is 4.79 Å². The van der Waals surface area contributed by atoms with Gasteiger partial charge in [-0.3, -0.25) is 4.79 Å². The van der Waals surface area contributed by atoms with Crippen LogP contribution in [0, 0.1) is 6.92 Å². The summed E-state index contributed by atoms with van der Waals surface area (Å²) in [5.41, 5.74) is 3.58. The maximum absolute atomic E-state index is 12.0. The maximum atomic E-state index is 12.0. The molecular formula is C19H21N3O2. The van der Waals surface area contributed by atoms with Gasteiger partial charge in [0.1, 0.15) is 0 Å². The molecule has 2 aromatic heterocycles. The van der Waals surface area contributed by atoms with Gasteiger partial charge in [0.2, 0.25) is 5.88 Å². The Morgan fingerprint density at radius 3 is 2.96 bits per heavy atom. The molecule has 0 spiro atoms. The van der Waals surface area contributed by atoms with E-state index in [-0.39, 0.29) is 18.6 Å². The van der Waals surface area contributed by atoms with Crippen LogP contribution >= 0.6 is 0 Å². The Hall–Kier alpha value is -2.82. The summed E-state index contributed by atoms with van der Waals surface area (Å²) in [6.45, 7) is 4.05. The zero-order chi connectivity index (χ0) is 16.9. The number of nitrogens with zero attached hydrogens (tertiary/aromatic N) is 1. The van der Waals surface area contributed by atoms with Crippen molar-refractivity contribution in [2.75, 3.05) is 6.61 Å². The Bertz CT molecular complexity index is 827. The van der Waals surface area contributed by atoms with Gasteiger partial charge in [0.05, 0.1) is 0 Å². The molecule has 24 heavy (non-hydrogen) atoms. The third-order valence-corrected chi connectivity index (χ3v) is 3.93. The molecule has 3 rings (SSSR count). The van der Waals surface area contributed by atoms with Crippen LogP contribution in [0.15, 0.2) is 48.8 Å². The molecule has 0 unspecified atom stereocenters. The molecule has 2 heterocycles. The molecule has 0 aliphatic heterocycles.